The lowest BCUT2D eigenvalue weighted by atomic mass is 9.84. The molecule has 2 nitrogen and oxygen atoms in total. The minimum atomic E-state index is -0.680. The van der Waals surface area contributed by atoms with E-state index in [0.717, 1.165) is 6.42 Å². The van der Waals surface area contributed by atoms with Crippen molar-refractivity contribution in [2.24, 2.45) is 5.92 Å². The van der Waals surface area contributed by atoms with Crippen LogP contribution in [0.2, 0.25) is 0 Å². The second kappa shape index (κ2) is 13.6. The van der Waals surface area contributed by atoms with Gasteiger partial charge in [0, 0.05) is 9.99 Å². The van der Waals surface area contributed by atoms with E-state index in [1.165, 1.54) is 66.9 Å². The van der Waals surface area contributed by atoms with E-state index in [9.17, 15) is 4.79 Å². The number of unbranched alkanes of at least 4 members (excludes halogenated alkanes) is 7. The van der Waals surface area contributed by atoms with Crippen molar-refractivity contribution in [3.63, 3.8) is 0 Å². The number of hydrogen-bond donors (Lipinski definition) is 1. The molecule has 0 aliphatic rings. The first kappa shape index (κ1) is 22.5. The maximum atomic E-state index is 11.0. The molecule has 0 aromatic heterocycles. The minimum absolute atomic E-state index is 0.232. The lowest BCUT2D eigenvalue weighted by Crippen LogP contribution is -2.10. The van der Waals surface area contributed by atoms with Gasteiger partial charge in [-0.25, -0.2) is 0 Å². The molecule has 142 valence electrons. The first-order valence-corrected chi connectivity index (χ1v) is 11.1. The van der Waals surface area contributed by atoms with Crippen molar-refractivity contribution in [2.45, 2.75) is 90.4 Å². The molecule has 1 rings (SSSR count). The van der Waals surface area contributed by atoms with Crippen LogP contribution in [0.1, 0.15) is 96.0 Å². The number of rotatable bonds is 14. The highest BCUT2D eigenvalue weighted by Gasteiger charge is 2.17. The second-order valence-corrected chi connectivity index (χ2v) is 8.70. The van der Waals surface area contributed by atoms with E-state index in [2.05, 4.69) is 60.7 Å². The minimum Gasteiger partial charge on any atom is -0.481 e. The standard InChI is InChI=1S/C22H35IO2/c1-3-4-5-6-7-8-9-10-11-20(16-18(2)17-22(24)25)19-12-14-21(23)15-13-19/h12-15,18,20H,3-11,16-17H2,1-2H3,(H,24,25). The van der Waals surface area contributed by atoms with Crippen LogP contribution in [0, 0.1) is 9.49 Å². The van der Waals surface area contributed by atoms with E-state index in [1.807, 2.05) is 0 Å². The molecule has 3 heteroatoms. The molecular formula is C22H35IO2. The van der Waals surface area contributed by atoms with Crippen LogP contribution < -0.4 is 0 Å². The van der Waals surface area contributed by atoms with Crippen molar-refractivity contribution in [1.29, 1.82) is 0 Å². The SMILES string of the molecule is CCCCCCCCCCC(CC(C)CC(=O)O)c1ccc(I)cc1. The van der Waals surface area contributed by atoms with E-state index in [0.29, 0.717) is 5.92 Å². The summed E-state index contributed by atoms with van der Waals surface area (Å²) in [6.45, 7) is 4.33. The van der Waals surface area contributed by atoms with Gasteiger partial charge < -0.3 is 5.11 Å². The number of aliphatic carboxylic acids is 1. The predicted octanol–water partition coefficient (Wildman–Crippen LogP) is 7.41. The molecule has 1 aromatic rings. The van der Waals surface area contributed by atoms with Crippen molar-refractivity contribution in [3.8, 4) is 0 Å². The molecule has 0 saturated heterocycles. The number of benzene rings is 1. The molecule has 2 atom stereocenters. The Morgan fingerprint density at radius 3 is 2.12 bits per heavy atom. The fourth-order valence-corrected chi connectivity index (χ4v) is 3.91. The molecule has 0 amide bonds. The van der Waals surface area contributed by atoms with Crippen LogP contribution in [-0.4, -0.2) is 11.1 Å². The molecule has 0 aliphatic heterocycles. The van der Waals surface area contributed by atoms with Gasteiger partial charge in [0.25, 0.3) is 0 Å². The Balaban J connectivity index is 2.43. The molecule has 0 fully saturated rings. The van der Waals surface area contributed by atoms with Crippen LogP contribution in [-0.2, 0) is 4.79 Å². The molecule has 0 radical (unpaired) electrons. The monoisotopic (exact) mass is 458 g/mol. The van der Waals surface area contributed by atoms with Gasteiger partial charge in [0.15, 0.2) is 0 Å². The summed E-state index contributed by atoms with van der Waals surface area (Å²) in [5.41, 5.74) is 1.38. The molecule has 1 aromatic carbocycles. The van der Waals surface area contributed by atoms with Crippen molar-refractivity contribution < 1.29 is 9.90 Å². The Bertz CT molecular complexity index is 469. The van der Waals surface area contributed by atoms with Gasteiger partial charge in [-0.3, -0.25) is 4.79 Å². The van der Waals surface area contributed by atoms with Crippen LogP contribution in [0.5, 0.6) is 0 Å². The van der Waals surface area contributed by atoms with Crippen molar-refractivity contribution in [3.05, 3.63) is 33.4 Å². The third-order valence-corrected chi connectivity index (χ3v) is 5.68. The molecule has 0 spiro atoms. The summed E-state index contributed by atoms with van der Waals surface area (Å²) >= 11 is 2.34. The summed E-state index contributed by atoms with van der Waals surface area (Å²) in [6, 6.07) is 8.78. The molecule has 1 N–H and O–H groups in total. The zero-order valence-electron chi connectivity index (χ0n) is 16.0. The Morgan fingerprint density at radius 1 is 1.00 bits per heavy atom. The Morgan fingerprint density at radius 2 is 1.56 bits per heavy atom. The summed E-state index contributed by atoms with van der Waals surface area (Å²) in [7, 11) is 0. The van der Waals surface area contributed by atoms with Crippen LogP contribution in [0.15, 0.2) is 24.3 Å². The summed E-state index contributed by atoms with van der Waals surface area (Å²) in [5, 5.41) is 9.04. The van der Waals surface area contributed by atoms with Crippen molar-refractivity contribution >= 4 is 28.6 Å². The highest BCUT2D eigenvalue weighted by Crippen LogP contribution is 2.31. The van der Waals surface area contributed by atoms with Gasteiger partial charge in [0.05, 0.1) is 0 Å². The largest absolute Gasteiger partial charge is 0.481 e. The topological polar surface area (TPSA) is 37.3 Å². The van der Waals surface area contributed by atoms with Gasteiger partial charge in [-0.15, -0.1) is 0 Å². The summed E-state index contributed by atoms with van der Waals surface area (Å²) in [5.74, 6) is 0.0446. The molecule has 0 bridgehead atoms. The molecule has 25 heavy (non-hydrogen) atoms. The van der Waals surface area contributed by atoms with Crippen LogP contribution >= 0.6 is 22.6 Å². The third kappa shape index (κ3) is 10.9. The summed E-state index contributed by atoms with van der Waals surface area (Å²) < 4.78 is 1.26. The van der Waals surface area contributed by atoms with Gasteiger partial charge in [0.2, 0.25) is 0 Å². The highest BCUT2D eigenvalue weighted by molar-refractivity contribution is 14.1. The lowest BCUT2D eigenvalue weighted by Gasteiger charge is -2.21. The number of carbonyl (C=O) groups is 1. The van der Waals surface area contributed by atoms with E-state index in [1.54, 1.807) is 0 Å². The first-order chi connectivity index (χ1) is 12.0. The lowest BCUT2D eigenvalue weighted by molar-refractivity contribution is -0.138. The molecule has 2 unspecified atom stereocenters. The summed E-state index contributed by atoms with van der Waals surface area (Å²) in [4.78, 5) is 11.0. The molecule has 0 saturated carbocycles. The molecule has 0 aliphatic carbocycles. The van der Waals surface area contributed by atoms with Gasteiger partial charge in [-0.05, 0) is 65.0 Å². The zero-order valence-corrected chi connectivity index (χ0v) is 18.1. The number of hydrogen-bond acceptors (Lipinski definition) is 1. The highest BCUT2D eigenvalue weighted by atomic mass is 127. The van der Waals surface area contributed by atoms with E-state index >= 15 is 0 Å². The second-order valence-electron chi connectivity index (χ2n) is 7.45. The number of carboxylic acid groups (broad SMARTS) is 1. The van der Waals surface area contributed by atoms with Gasteiger partial charge in [-0.2, -0.15) is 0 Å². The maximum Gasteiger partial charge on any atom is 0.303 e. The Hall–Kier alpha value is -0.580. The van der Waals surface area contributed by atoms with Gasteiger partial charge >= 0.3 is 5.97 Å². The Kier molecular flexibility index (Phi) is 12.2. The fraction of sp³-hybridized carbons (Fsp3) is 0.682. The average molecular weight is 458 g/mol. The Labute approximate surface area is 167 Å². The van der Waals surface area contributed by atoms with E-state index in [4.69, 9.17) is 5.11 Å². The average Bonchev–Trinajstić information content (AvgIpc) is 2.56. The van der Waals surface area contributed by atoms with Crippen LogP contribution in [0.3, 0.4) is 0 Å². The van der Waals surface area contributed by atoms with Crippen molar-refractivity contribution in [2.75, 3.05) is 0 Å². The van der Waals surface area contributed by atoms with Crippen LogP contribution in [0.25, 0.3) is 0 Å². The first-order valence-electron chi connectivity index (χ1n) is 10.00. The smallest absolute Gasteiger partial charge is 0.303 e. The predicted molar refractivity (Wildman–Crippen MR) is 115 cm³/mol. The number of carboxylic acids is 1. The van der Waals surface area contributed by atoms with Gasteiger partial charge in [0.1, 0.15) is 0 Å². The van der Waals surface area contributed by atoms with Gasteiger partial charge in [-0.1, -0.05) is 77.3 Å². The van der Waals surface area contributed by atoms with E-state index < -0.39 is 5.97 Å². The van der Waals surface area contributed by atoms with Crippen LogP contribution in [0.4, 0.5) is 0 Å². The molecule has 0 heterocycles. The van der Waals surface area contributed by atoms with Crippen molar-refractivity contribution in [1.82, 2.24) is 0 Å². The normalized spacial score (nSPS) is 13.6. The third-order valence-electron chi connectivity index (χ3n) is 4.96. The number of halogens is 1. The maximum absolute atomic E-state index is 11.0. The summed E-state index contributed by atoms with van der Waals surface area (Å²) in [6.07, 6.45) is 13.1. The quantitative estimate of drug-likeness (QED) is 0.233. The zero-order chi connectivity index (χ0) is 18.5. The van der Waals surface area contributed by atoms with E-state index in [-0.39, 0.29) is 12.3 Å². The molecular weight excluding hydrogens is 423 g/mol. The fourth-order valence-electron chi connectivity index (χ4n) is 3.55.